The highest BCUT2D eigenvalue weighted by Crippen LogP contribution is 2.19. The topological polar surface area (TPSA) is 84.3 Å². The number of aromatic nitrogens is 2. The van der Waals surface area contributed by atoms with E-state index in [4.69, 9.17) is 5.21 Å². The SMILES string of the molecule is Cc1c(S(=O)(=O)c2ccccc2)no[n+]1O. The molecule has 2 rings (SSSR count). The van der Waals surface area contributed by atoms with Crippen molar-refractivity contribution in [2.24, 2.45) is 0 Å². The second-order valence-electron chi connectivity index (χ2n) is 3.15. The van der Waals surface area contributed by atoms with Gasteiger partial charge in [0.25, 0.3) is 15.5 Å². The van der Waals surface area contributed by atoms with E-state index in [0.29, 0.717) is 4.90 Å². The molecule has 7 heteroatoms. The first-order valence-electron chi connectivity index (χ1n) is 4.41. The molecule has 0 saturated carbocycles. The van der Waals surface area contributed by atoms with Gasteiger partial charge in [0.15, 0.2) is 5.16 Å². The summed E-state index contributed by atoms with van der Waals surface area (Å²) >= 11 is 0. The van der Waals surface area contributed by atoms with Gasteiger partial charge < -0.3 is 5.21 Å². The summed E-state index contributed by atoms with van der Waals surface area (Å²) in [5, 5.41) is 12.1. The molecule has 0 atom stereocenters. The van der Waals surface area contributed by atoms with Crippen molar-refractivity contribution >= 4 is 9.84 Å². The van der Waals surface area contributed by atoms with E-state index in [2.05, 4.69) is 9.79 Å². The Morgan fingerprint density at radius 3 is 2.44 bits per heavy atom. The molecule has 0 amide bonds. The summed E-state index contributed by atoms with van der Waals surface area (Å²) in [7, 11) is -3.73. The molecular weight excluding hydrogens is 232 g/mol. The Morgan fingerprint density at radius 1 is 1.31 bits per heavy atom. The van der Waals surface area contributed by atoms with Crippen LogP contribution in [0.3, 0.4) is 0 Å². The lowest BCUT2D eigenvalue weighted by Gasteiger charge is -1.95. The van der Waals surface area contributed by atoms with Crippen molar-refractivity contribution in [1.29, 1.82) is 0 Å². The van der Waals surface area contributed by atoms with Crippen molar-refractivity contribution in [3.05, 3.63) is 36.0 Å². The van der Waals surface area contributed by atoms with E-state index < -0.39 is 9.84 Å². The lowest BCUT2D eigenvalue weighted by molar-refractivity contribution is -1.04. The molecular formula is C9H9N2O4S+. The van der Waals surface area contributed by atoms with Crippen LogP contribution >= 0.6 is 0 Å². The molecule has 84 valence electrons. The Morgan fingerprint density at radius 2 is 1.94 bits per heavy atom. The lowest BCUT2D eigenvalue weighted by atomic mass is 10.4. The van der Waals surface area contributed by atoms with E-state index in [-0.39, 0.29) is 15.6 Å². The molecule has 0 aliphatic heterocycles. The quantitative estimate of drug-likeness (QED) is 0.766. The molecule has 0 radical (unpaired) electrons. The van der Waals surface area contributed by atoms with E-state index in [1.54, 1.807) is 18.2 Å². The van der Waals surface area contributed by atoms with Gasteiger partial charge in [0.1, 0.15) is 4.90 Å². The number of nitrogens with zero attached hydrogens (tertiary/aromatic N) is 2. The molecule has 0 fully saturated rings. The van der Waals surface area contributed by atoms with Crippen molar-refractivity contribution in [2.75, 3.05) is 0 Å². The summed E-state index contributed by atoms with van der Waals surface area (Å²) in [5.74, 6) is 0. The first kappa shape index (κ1) is 10.6. The van der Waals surface area contributed by atoms with Crippen LogP contribution in [0.1, 0.15) is 5.69 Å². The Hall–Kier alpha value is -1.89. The molecule has 1 N–H and O–H groups in total. The van der Waals surface area contributed by atoms with Crippen LogP contribution in [0.25, 0.3) is 0 Å². The van der Waals surface area contributed by atoms with Gasteiger partial charge in [-0.2, -0.15) is 0 Å². The zero-order valence-electron chi connectivity index (χ0n) is 8.36. The van der Waals surface area contributed by atoms with Gasteiger partial charge in [-0.05, 0) is 16.8 Å². The van der Waals surface area contributed by atoms with Crippen LogP contribution < -0.4 is 4.90 Å². The van der Waals surface area contributed by atoms with Crippen molar-refractivity contribution < 1.29 is 23.2 Å². The third kappa shape index (κ3) is 1.54. The normalized spacial score (nSPS) is 11.6. The first-order chi connectivity index (χ1) is 7.53. The fraction of sp³-hybridized carbons (Fsp3) is 0.111. The first-order valence-corrected chi connectivity index (χ1v) is 5.90. The van der Waals surface area contributed by atoms with Crippen molar-refractivity contribution in [3.63, 3.8) is 0 Å². The zero-order valence-corrected chi connectivity index (χ0v) is 9.18. The summed E-state index contributed by atoms with van der Waals surface area (Å²) in [4.78, 5) is 0.419. The van der Waals surface area contributed by atoms with Crippen LogP contribution in [0.5, 0.6) is 0 Å². The molecule has 0 aliphatic carbocycles. The second kappa shape index (κ2) is 3.60. The fourth-order valence-corrected chi connectivity index (χ4v) is 2.58. The summed E-state index contributed by atoms with van der Waals surface area (Å²) < 4.78 is 28.4. The zero-order chi connectivity index (χ0) is 11.8. The average molecular weight is 241 g/mol. The van der Waals surface area contributed by atoms with E-state index >= 15 is 0 Å². The predicted octanol–water partition coefficient (Wildman–Crippen LogP) is 0.341. The molecule has 0 aliphatic rings. The minimum absolute atomic E-state index is 0.0313. The number of benzene rings is 1. The molecule has 6 nitrogen and oxygen atoms in total. The Balaban J connectivity index is 2.61. The van der Waals surface area contributed by atoms with Crippen LogP contribution in [0, 0.1) is 6.92 Å². The molecule has 2 aromatic rings. The maximum Gasteiger partial charge on any atom is 0.368 e. The Kier molecular flexibility index (Phi) is 2.39. The van der Waals surface area contributed by atoms with Gasteiger partial charge in [0.05, 0.1) is 4.90 Å². The Labute approximate surface area is 91.6 Å². The maximum absolute atomic E-state index is 12.0. The molecule has 0 saturated heterocycles. The number of hydrogen-bond acceptors (Lipinski definition) is 5. The Bertz CT molecular complexity index is 604. The van der Waals surface area contributed by atoms with E-state index in [9.17, 15) is 8.42 Å². The van der Waals surface area contributed by atoms with Crippen LogP contribution in [0.4, 0.5) is 0 Å². The summed E-state index contributed by atoms with van der Waals surface area (Å²) in [6, 6.07) is 7.82. The van der Waals surface area contributed by atoms with Gasteiger partial charge in [-0.15, -0.1) is 0 Å². The smallest absolute Gasteiger partial charge is 0.317 e. The highest BCUT2D eigenvalue weighted by molar-refractivity contribution is 7.91. The van der Waals surface area contributed by atoms with Crippen LogP contribution in [0.2, 0.25) is 0 Å². The third-order valence-corrected chi connectivity index (χ3v) is 3.88. The maximum atomic E-state index is 12.0. The second-order valence-corrected chi connectivity index (χ2v) is 5.02. The van der Waals surface area contributed by atoms with Crippen LogP contribution in [-0.4, -0.2) is 18.8 Å². The van der Waals surface area contributed by atoms with Gasteiger partial charge in [-0.1, -0.05) is 18.2 Å². The minimum atomic E-state index is -3.73. The number of sulfone groups is 1. The summed E-state index contributed by atoms with van der Waals surface area (Å²) in [6.45, 7) is 1.40. The van der Waals surface area contributed by atoms with Crippen LogP contribution in [0.15, 0.2) is 44.9 Å². The van der Waals surface area contributed by atoms with Gasteiger partial charge in [-0.25, -0.2) is 8.42 Å². The predicted molar refractivity (Wildman–Crippen MR) is 50.5 cm³/mol. The van der Waals surface area contributed by atoms with Crippen LogP contribution in [-0.2, 0) is 9.84 Å². The molecule has 1 aromatic heterocycles. The third-order valence-electron chi connectivity index (χ3n) is 2.11. The van der Waals surface area contributed by atoms with Crippen molar-refractivity contribution in [2.45, 2.75) is 16.8 Å². The highest BCUT2D eigenvalue weighted by Gasteiger charge is 2.34. The monoisotopic (exact) mass is 241 g/mol. The van der Waals surface area contributed by atoms with E-state index in [1.165, 1.54) is 19.1 Å². The molecule has 0 bridgehead atoms. The molecule has 1 aromatic carbocycles. The molecule has 0 spiro atoms. The minimum Gasteiger partial charge on any atom is -0.317 e. The van der Waals surface area contributed by atoms with Gasteiger partial charge >= 0.3 is 5.03 Å². The molecule has 0 unspecified atom stereocenters. The fourth-order valence-electron chi connectivity index (χ4n) is 1.24. The average Bonchev–Trinajstić information content (AvgIpc) is 2.61. The van der Waals surface area contributed by atoms with E-state index in [0.717, 1.165) is 0 Å². The van der Waals surface area contributed by atoms with Crippen molar-refractivity contribution in [1.82, 2.24) is 5.16 Å². The largest absolute Gasteiger partial charge is 0.368 e. The van der Waals surface area contributed by atoms with Gasteiger partial charge in [0, 0.05) is 6.92 Å². The standard InChI is InChI=1S/C9H9N2O4S/c1-7-9(10-15-11(7)12)16(13,14)8-5-3-2-4-6-8/h2-6,12H,1H3/q+1. The number of hydrogen-bond donors (Lipinski definition) is 1. The number of rotatable bonds is 2. The summed E-state index contributed by atoms with van der Waals surface area (Å²) in [5.41, 5.74) is 0.0313. The lowest BCUT2D eigenvalue weighted by Crippen LogP contribution is -2.30. The molecule has 1 heterocycles. The van der Waals surface area contributed by atoms with Gasteiger partial charge in [-0.3, -0.25) is 0 Å². The van der Waals surface area contributed by atoms with E-state index in [1.807, 2.05) is 0 Å². The van der Waals surface area contributed by atoms with Crippen molar-refractivity contribution in [3.8, 4) is 0 Å². The van der Waals surface area contributed by atoms with Gasteiger partial charge in [0.2, 0.25) is 0 Å². The highest BCUT2D eigenvalue weighted by atomic mass is 32.2. The summed E-state index contributed by atoms with van der Waals surface area (Å²) in [6.07, 6.45) is 0. The molecule has 16 heavy (non-hydrogen) atoms.